The highest BCUT2D eigenvalue weighted by Gasteiger charge is 2.18. The molecular formula is C22H25N5. The van der Waals surface area contributed by atoms with Crippen molar-refractivity contribution in [3.63, 3.8) is 0 Å². The van der Waals surface area contributed by atoms with Crippen molar-refractivity contribution in [3.05, 3.63) is 66.2 Å². The highest BCUT2D eigenvalue weighted by Crippen LogP contribution is 2.25. The average molecular weight is 359 g/mol. The first-order valence-electron chi connectivity index (χ1n) is 9.39. The van der Waals surface area contributed by atoms with Crippen molar-refractivity contribution in [2.75, 3.05) is 43.4 Å². The fourth-order valence-corrected chi connectivity index (χ4v) is 3.27. The second kappa shape index (κ2) is 7.76. The van der Waals surface area contributed by atoms with E-state index < -0.39 is 0 Å². The van der Waals surface area contributed by atoms with Crippen molar-refractivity contribution in [2.45, 2.75) is 6.92 Å². The number of hydrogen-bond donors (Lipinski definition) is 1. The van der Waals surface area contributed by atoms with Gasteiger partial charge in [0.2, 0.25) is 5.95 Å². The van der Waals surface area contributed by atoms with Crippen LogP contribution < -0.4 is 10.2 Å². The van der Waals surface area contributed by atoms with Gasteiger partial charge in [-0.05, 0) is 31.7 Å². The monoisotopic (exact) mass is 359 g/mol. The minimum Gasteiger partial charge on any atom is -0.340 e. The van der Waals surface area contributed by atoms with E-state index in [-0.39, 0.29) is 0 Å². The van der Waals surface area contributed by atoms with E-state index >= 15 is 0 Å². The lowest BCUT2D eigenvalue weighted by Crippen LogP contribution is -2.45. The molecule has 5 heteroatoms. The second-order valence-corrected chi connectivity index (χ2v) is 7.09. The molecule has 0 atom stereocenters. The molecule has 0 bridgehead atoms. The van der Waals surface area contributed by atoms with Gasteiger partial charge in [0, 0.05) is 43.5 Å². The van der Waals surface area contributed by atoms with Gasteiger partial charge >= 0.3 is 0 Å². The molecule has 0 radical (unpaired) electrons. The second-order valence-electron chi connectivity index (χ2n) is 7.09. The lowest BCUT2D eigenvalue weighted by atomic mass is 10.1. The first kappa shape index (κ1) is 17.5. The molecule has 27 heavy (non-hydrogen) atoms. The molecule has 1 aliphatic heterocycles. The fraction of sp³-hybridized carbons (Fsp3) is 0.273. The van der Waals surface area contributed by atoms with Crippen molar-refractivity contribution in [2.24, 2.45) is 0 Å². The normalized spacial score (nSPS) is 15.0. The summed E-state index contributed by atoms with van der Waals surface area (Å²) in [7, 11) is 2.16. The van der Waals surface area contributed by atoms with Gasteiger partial charge in [-0.3, -0.25) is 0 Å². The molecule has 138 valence electrons. The number of nitrogens with one attached hydrogen (secondary N) is 1. The number of piperazine rings is 1. The van der Waals surface area contributed by atoms with Crippen LogP contribution in [-0.2, 0) is 0 Å². The van der Waals surface area contributed by atoms with Gasteiger partial charge < -0.3 is 15.1 Å². The van der Waals surface area contributed by atoms with Gasteiger partial charge in [0.1, 0.15) is 5.82 Å². The molecule has 3 aromatic rings. The largest absolute Gasteiger partial charge is 0.340 e. The zero-order valence-electron chi connectivity index (χ0n) is 15.9. The van der Waals surface area contributed by atoms with Crippen LogP contribution in [0.15, 0.2) is 60.7 Å². The molecule has 1 aromatic heterocycles. The summed E-state index contributed by atoms with van der Waals surface area (Å²) < 4.78 is 0. The minimum absolute atomic E-state index is 0.791. The Morgan fingerprint density at radius 2 is 1.63 bits per heavy atom. The molecule has 0 saturated carbocycles. The van der Waals surface area contributed by atoms with E-state index in [1.54, 1.807) is 0 Å². The van der Waals surface area contributed by atoms with Gasteiger partial charge in [-0.15, -0.1) is 0 Å². The Bertz CT molecular complexity index is 902. The maximum absolute atomic E-state index is 4.87. The molecule has 0 spiro atoms. The van der Waals surface area contributed by atoms with E-state index in [0.717, 1.165) is 54.9 Å². The number of nitrogens with zero attached hydrogens (tertiary/aromatic N) is 4. The predicted octanol–water partition coefficient (Wildman–Crippen LogP) is 3.95. The molecule has 1 fully saturated rings. The smallest absolute Gasteiger partial charge is 0.227 e. The standard InChI is InChI=1S/C22H25N5/c1-17-7-6-10-19(15-17)23-21-16-20(18-8-4-3-5-9-18)24-22(25-21)27-13-11-26(2)12-14-27/h3-10,15-16H,11-14H2,1-2H3,(H,23,24,25). The third-order valence-corrected chi connectivity index (χ3v) is 4.86. The number of aromatic nitrogens is 2. The summed E-state index contributed by atoms with van der Waals surface area (Å²) in [4.78, 5) is 14.3. The SMILES string of the molecule is Cc1cccc(Nc2cc(-c3ccccc3)nc(N3CCN(C)CC3)n2)c1. The van der Waals surface area contributed by atoms with Gasteiger partial charge in [0.15, 0.2) is 0 Å². The van der Waals surface area contributed by atoms with Gasteiger partial charge in [0.05, 0.1) is 5.69 Å². The molecular weight excluding hydrogens is 334 g/mol. The third-order valence-electron chi connectivity index (χ3n) is 4.86. The summed E-state index contributed by atoms with van der Waals surface area (Å²) in [6.45, 7) is 6.03. The van der Waals surface area contributed by atoms with Crippen molar-refractivity contribution in [1.29, 1.82) is 0 Å². The number of rotatable bonds is 4. The van der Waals surface area contributed by atoms with Gasteiger partial charge in [-0.25, -0.2) is 4.98 Å². The molecule has 0 amide bonds. The van der Waals surface area contributed by atoms with Gasteiger partial charge in [-0.2, -0.15) is 4.98 Å². The van der Waals surface area contributed by atoms with Crippen LogP contribution in [0.5, 0.6) is 0 Å². The van der Waals surface area contributed by atoms with Crippen LogP contribution in [0.4, 0.5) is 17.5 Å². The Morgan fingerprint density at radius 1 is 0.852 bits per heavy atom. The van der Waals surface area contributed by atoms with Crippen LogP contribution >= 0.6 is 0 Å². The highest BCUT2D eigenvalue weighted by molar-refractivity contribution is 5.67. The van der Waals surface area contributed by atoms with Crippen LogP contribution in [0.1, 0.15) is 5.56 Å². The zero-order chi connectivity index (χ0) is 18.6. The van der Waals surface area contributed by atoms with Gasteiger partial charge in [0.25, 0.3) is 0 Å². The van der Waals surface area contributed by atoms with Crippen LogP contribution in [0.25, 0.3) is 11.3 Å². The van der Waals surface area contributed by atoms with Crippen molar-refractivity contribution < 1.29 is 0 Å². The topological polar surface area (TPSA) is 44.3 Å². The molecule has 2 heterocycles. The Morgan fingerprint density at radius 3 is 2.37 bits per heavy atom. The highest BCUT2D eigenvalue weighted by atomic mass is 15.3. The number of benzene rings is 2. The quantitative estimate of drug-likeness (QED) is 0.764. The van der Waals surface area contributed by atoms with E-state index in [4.69, 9.17) is 9.97 Å². The third kappa shape index (κ3) is 4.26. The van der Waals surface area contributed by atoms with Crippen LogP contribution in [0.2, 0.25) is 0 Å². The molecule has 1 N–H and O–H groups in total. The number of anilines is 3. The summed E-state index contributed by atoms with van der Waals surface area (Å²) in [5, 5.41) is 3.45. The van der Waals surface area contributed by atoms with Gasteiger partial charge in [-0.1, -0.05) is 42.5 Å². The van der Waals surface area contributed by atoms with E-state index in [2.05, 4.69) is 65.5 Å². The maximum atomic E-state index is 4.87. The Hall–Kier alpha value is -2.92. The lowest BCUT2D eigenvalue weighted by molar-refractivity contribution is 0.311. The molecule has 1 aliphatic rings. The van der Waals surface area contributed by atoms with E-state index in [1.807, 2.05) is 24.3 Å². The van der Waals surface area contributed by atoms with Crippen molar-refractivity contribution in [3.8, 4) is 11.3 Å². The van der Waals surface area contributed by atoms with Crippen LogP contribution in [0.3, 0.4) is 0 Å². The predicted molar refractivity (Wildman–Crippen MR) is 112 cm³/mol. The number of hydrogen-bond acceptors (Lipinski definition) is 5. The van der Waals surface area contributed by atoms with Crippen LogP contribution in [0, 0.1) is 6.92 Å². The summed E-state index contributed by atoms with van der Waals surface area (Å²) in [5.74, 6) is 1.61. The molecule has 5 nitrogen and oxygen atoms in total. The zero-order valence-corrected chi connectivity index (χ0v) is 15.9. The molecule has 2 aromatic carbocycles. The average Bonchev–Trinajstić information content (AvgIpc) is 2.69. The summed E-state index contributed by atoms with van der Waals surface area (Å²) in [5.41, 5.74) is 4.30. The minimum atomic E-state index is 0.791. The Labute approximate surface area is 160 Å². The van der Waals surface area contributed by atoms with Crippen LogP contribution in [-0.4, -0.2) is 48.1 Å². The number of likely N-dealkylation sites (N-methyl/N-ethyl adjacent to an activating group) is 1. The Balaban J connectivity index is 1.70. The van der Waals surface area contributed by atoms with E-state index in [1.165, 1.54) is 5.56 Å². The summed E-state index contributed by atoms with van der Waals surface area (Å²) >= 11 is 0. The summed E-state index contributed by atoms with van der Waals surface area (Å²) in [6.07, 6.45) is 0. The molecule has 4 rings (SSSR count). The molecule has 0 unspecified atom stereocenters. The number of aryl methyl sites for hydroxylation is 1. The summed E-state index contributed by atoms with van der Waals surface area (Å²) in [6, 6.07) is 20.6. The molecule has 1 saturated heterocycles. The fourth-order valence-electron chi connectivity index (χ4n) is 3.27. The van der Waals surface area contributed by atoms with E-state index in [0.29, 0.717) is 0 Å². The first-order valence-corrected chi connectivity index (χ1v) is 9.39. The maximum Gasteiger partial charge on any atom is 0.227 e. The van der Waals surface area contributed by atoms with E-state index in [9.17, 15) is 0 Å². The van der Waals surface area contributed by atoms with Crippen molar-refractivity contribution >= 4 is 17.5 Å². The van der Waals surface area contributed by atoms with Crippen molar-refractivity contribution in [1.82, 2.24) is 14.9 Å². The Kier molecular flexibility index (Phi) is 5.03. The first-order chi connectivity index (χ1) is 13.2. The molecule has 0 aliphatic carbocycles. The lowest BCUT2D eigenvalue weighted by Gasteiger charge is -2.32.